The molecule has 1 aromatic heterocycles. The zero-order chi connectivity index (χ0) is 21.5. The predicted molar refractivity (Wildman–Crippen MR) is 117 cm³/mol. The van der Waals surface area contributed by atoms with E-state index >= 15 is 0 Å². The maximum Gasteiger partial charge on any atom is 0.252 e. The van der Waals surface area contributed by atoms with Crippen LogP contribution in [0.25, 0.3) is 11.0 Å². The topological polar surface area (TPSA) is 94.6 Å². The monoisotopic (exact) mass is 402 g/mol. The Bertz CT molecular complexity index is 1150. The van der Waals surface area contributed by atoms with E-state index in [2.05, 4.69) is 18.3 Å². The second kappa shape index (κ2) is 9.43. The lowest BCUT2D eigenvalue weighted by atomic mass is 10.1. The van der Waals surface area contributed by atoms with Crippen molar-refractivity contribution in [3.63, 3.8) is 0 Å². The summed E-state index contributed by atoms with van der Waals surface area (Å²) < 4.78 is 11.7. The molecule has 6 nitrogen and oxygen atoms in total. The fourth-order valence-corrected chi connectivity index (χ4v) is 3.10. The van der Waals surface area contributed by atoms with Crippen molar-refractivity contribution >= 4 is 29.4 Å². The standard InChI is InChI=1S/C23H20N2O3.CH2O/c1-15-18-6-2-4-8-20(18)28-22(15)14-25-16-10-12-17(13-11-16)27-21-9-5-3-7-19(21)23(24)26;1-2/h2-13,25H,14H2,1H3,(H2,24,26);1H2. The summed E-state index contributed by atoms with van der Waals surface area (Å²) >= 11 is 0. The minimum absolute atomic E-state index is 0.352. The number of amides is 1. The van der Waals surface area contributed by atoms with E-state index in [4.69, 9.17) is 19.7 Å². The summed E-state index contributed by atoms with van der Waals surface area (Å²) in [6.07, 6.45) is 0. The molecule has 4 rings (SSSR count). The van der Waals surface area contributed by atoms with Crippen LogP contribution in [-0.2, 0) is 11.3 Å². The van der Waals surface area contributed by atoms with E-state index in [9.17, 15) is 4.79 Å². The Labute approximate surface area is 174 Å². The van der Waals surface area contributed by atoms with Crippen LogP contribution in [0.1, 0.15) is 21.7 Å². The first kappa shape index (κ1) is 20.7. The summed E-state index contributed by atoms with van der Waals surface area (Å²) in [5.74, 6) is 1.46. The van der Waals surface area contributed by atoms with Gasteiger partial charge in [-0.3, -0.25) is 4.79 Å². The zero-order valence-electron chi connectivity index (χ0n) is 16.6. The van der Waals surface area contributed by atoms with Crippen LogP contribution in [0.3, 0.4) is 0 Å². The first-order chi connectivity index (χ1) is 14.6. The fourth-order valence-electron chi connectivity index (χ4n) is 3.10. The van der Waals surface area contributed by atoms with E-state index in [-0.39, 0.29) is 0 Å². The number of carbonyl (C=O) groups excluding carboxylic acids is 2. The van der Waals surface area contributed by atoms with Gasteiger partial charge >= 0.3 is 0 Å². The molecule has 1 heterocycles. The Morgan fingerprint density at radius 1 is 1.00 bits per heavy atom. The Kier molecular flexibility index (Phi) is 6.49. The van der Waals surface area contributed by atoms with Gasteiger partial charge in [0.15, 0.2) is 0 Å². The molecule has 0 radical (unpaired) electrons. The highest BCUT2D eigenvalue weighted by Gasteiger charge is 2.11. The third-order valence-corrected chi connectivity index (χ3v) is 4.63. The van der Waals surface area contributed by atoms with Gasteiger partial charge in [-0.05, 0) is 49.4 Å². The van der Waals surface area contributed by atoms with Crippen molar-refractivity contribution in [2.75, 3.05) is 5.32 Å². The highest BCUT2D eigenvalue weighted by Crippen LogP contribution is 2.28. The average molecular weight is 402 g/mol. The van der Waals surface area contributed by atoms with Gasteiger partial charge in [0, 0.05) is 16.6 Å². The molecular weight excluding hydrogens is 380 g/mol. The number of carbonyl (C=O) groups is 2. The number of para-hydroxylation sites is 2. The Balaban J connectivity index is 0.00000124. The molecular formula is C24H22N2O4. The smallest absolute Gasteiger partial charge is 0.252 e. The maximum atomic E-state index is 11.5. The number of benzene rings is 3. The average Bonchev–Trinajstić information content (AvgIpc) is 3.11. The minimum atomic E-state index is -0.518. The van der Waals surface area contributed by atoms with Gasteiger partial charge in [-0.2, -0.15) is 0 Å². The number of aryl methyl sites for hydroxylation is 1. The number of ether oxygens (including phenoxy) is 1. The van der Waals surface area contributed by atoms with Gasteiger partial charge in [-0.25, -0.2) is 0 Å². The second-order valence-electron chi connectivity index (χ2n) is 6.49. The maximum absolute atomic E-state index is 11.5. The van der Waals surface area contributed by atoms with Crippen molar-refractivity contribution in [1.82, 2.24) is 0 Å². The van der Waals surface area contributed by atoms with Gasteiger partial charge in [0.1, 0.15) is 29.6 Å². The quantitative estimate of drug-likeness (QED) is 0.470. The number of hydrogen-bond acceptors (Lipinski definition) is 5. The van der Waals surface area contributed by atoms with Gasteiger partial charge in [-0.15, -0.1) is 0 Å². The van der Waals surface area contributed by atoms with Gasteiger partial charge in [-0.1, -0.05) is 30.3 Å². The first-order valence-corrected chi connectivity index (χ1v) is 9.28. The summed E-state index contributed by atoms with van der Waals surface area (Å²) in [7, 11) is 0. The van der Waals surface area contributed by atoms with Crippen LogP contribution in [0, 0.1) is 6.92 Å². The van der Waals surface area contributed by atoms with Crippen molar-refractivity contribution in [1.29, 1.82) is 0 Å². The molecule has 0 fully saturated rings. The van der Waals surface area contributed by atoms with Gasteiger partial charge in [0.05, 0.1) is 12.1 Å². The number of hydrogen-bond donors (Lipinski definition) is 2. The van der Waals surface area contributed by atoms with Crippen LogP contribution in [0.15, 0.2) is 77.2 Å². The van der Waals surface area contributed by atoms with Gasteiger partial charge < -0.3 is 25.0 Å². The van der Waals surface area contributed by atoms with Crippen molar-refractivity contribution < 1.29 is 18.7 Å². The van der Waals surface area contributed by atoms with Crippen LogP contribution in [0.5, 0.6) is 11.5 Å². The van der Waals surface area contributed by atoms with Crippen molar-refractivity contribution in [2.24, 2.45) is 5.73 Å². The Morgan fingerprint density at radius 2 is 1.67 bits per heavy atom. The fraction of sp³-hybridized carbons (Fsp3) is 0.0833. The first-order valence-electron chi connectivity index (χ1n) is 9.28. The predicted octanol–water partition coefficient (Wildman–Crippen LogP) is 5.06. The van der Waals surface area contributed by atoms with E-state index in [1.165, 1.54) is 0 Å². The van der Waals surface area contributed by atoms with Crippen molar-refractivity contribution in [3.8, 4) is 11.5 Å². The molecule has 0 saturated carbocycles. The number of primary amides is 1. The third kappa shape index (κ3) is 4.50. The largest absolute Gasteiger partial charge is 0.459 e. The van der Waals surface area contributed by atoms with E-state index in [1.807, 2.05) is 49.3 Å². The lowest BCUT2D eigenvalue weighted by molar-refractivity contribution is -0.0980. The highest BCUT2D eigenvalue weighted by atomic mass is 16.5. The minimum Gasteiger partial charge on any atom is -0.459 e. The van der Waals surface area contributed by atoms with E-state index in [0.29, 0.717) is 23.6 Å². The summed E-state index contributed by atoms with van der Waals surface area (Å²) in [5, 5.41) is 4.50. The number of fused-ring (bicyclic) bond motifs is 1. The molecule has 0 spiro atoms. The van der Waals surface area contributed by atoms with Crippen LogP contribution in [0.2, 0.25) is 0 Å². The number of rotatable bonds is 6. The lowest BCUT2D eigenvalue weighted by Crippen LogP contribution is -2.11. The number of nitrogens with one attached hydrogen (secondary N) is 1. The van der Waals surface area contributed by atoms with Crippen LogP contribution < -0.4 is 15.8 Å². The summed E-state index contributed by atoms with van der Waals surface area (Å²) in [4.78, 5) is 19.5. The molecule has 0 bridgehead atoms. The molecule has 1 amide bonds. The molecule has 0 aliphatic carbocycles. The van der Waals surface area contributed by atoms with Crippen LogP contribution in [0.4, 0.5) is 5.69 Å². The van der Waals surface area contributed by atoms with E-state index in [0.717, 1.165) is 28.0 Å². The molecule has 4 aromatic rings. The molecule has 30 heavy (non-hydrogen) atoms. The van der Waals surface area contributed by atoms with Crippen molar-refractivity contribution in [3.05, 3.63) is 89.7 Å². The molecule has 0 saturated heterocycles. The van der Waals surface area contributed by atoms with Crippen molar-refractivity contribution in [2.45, 2.75) is 13.5 Å². The number of anilines is 1. The normalized spacial score (nSPS) is 10.2. The molecule has 0 unspecified atom stereocenters. The van der Waals surface area contributed by atoms with Crippen LogP contribution >= 0.6 is 0 Å². The van der Waals surface area contributed by atoms with E-state index < -0.39 is 5.91 Å². The molecule has 6 heteroatoms. The number of furan rings is 1. The van der Waals surface area contributed by atoms with Gasteiger partial charge in [0.2, 0.25) is 0 Å². The molecule has 3 aromatic carbocycles. The third-order valence-electron chi connectivity index (χ3n) is 4.63. The highest BCUT2D eigenvalue weighted by molar-refractivity contribution is 5.95. The Hall–Kier alpha value is -4.06. The van der Waals surface area contributed by atoms with Crippen LogP contribution in [-0.4, -0.2) is 12.7 Å². The number of nitrogens with two attached hydrogens (primary N) is 1. The van der Waals surface area contributed by atoms with E-state index in [1.54, 1.807) is 24.3 Å². The SMILES string of the molecule is C=O.Cc1c(CNc2ccc(Oc3ccccc3C(N)=O)cc2)oc2ccccc12. The Morgan fingerprint density at radius 3 is 2.37 bits per heavy atom. The molecule has 0 atom stereocenters. The zero-order valence-corrected chi connectivity index (χ0v) is 16.6. The molecule has 0 aliphatic rings. The summed E-state index contributed by atoms with van der Waals surface area (Å²) in [6.45, 7) is 4.65. The van der Waals surface area contributed by atoms with Gasteiger partial charge in [0.25, 0.3) is 5.91 Å². The summed E-state index contributed by atoms with van der Waals surface area (Å²) in [5.41, 5.74) is 8.72. The molecule has 152 valence electrons. The second-order valence-corrected chi connectivity index (χ2v) is 6.49. The summed E-state index contributed by atoms with van der Waals surface area (Å²) in [6, 6.07) is 22.4. The molecule has 0 aliphatic heterocycles. The lowest BCUT2D eigenvalue weighted by Gasteiger charge is -2.10. The molecule has 3 N–H and O–H groups in total.